The van der Waals surface area contributed by atoms with Crippen LogP contribution in [0.2, 0.25) is 5.15 Å². The molecule has 3 rings (SSSR count). The highest BCUT2D eigenvalue weighted by Crippen LogP contribution is 2.33. The highest BCUT2D eigenvalue weighted by molar-refractivity contribution is 7.18. The van der Waals surface area contributed by atoms with Crippen molar-refractivity contribution in [1.82, 2.24) is 19.8 Å². The molecule has 2 amide bonds. The first-order valence-corrected chi connectivity index (χ1v) is 7.59. The van der Waals surface area contributed by atoms with Crippen molar-refractivity contribution >= 4 is 39.2 Å². The van der Waals surface area contributed by atoms with E-state index in [2.05, 4.69) is 16.9 Å². The van der Waals surface area contributed by atoms with Gasteiger partial charge in [-0.2, -0.15) is 0 Å². The first kappa shape index (κ1) is 13.6. The van der Waals surface area contributed by atoms with Crippen molar-refractivity contribution in [3.05, 3.63) is 21.4 Å². The van der Waals surface area contributed by atoms with E-state index in [1.165, 1.54) is 4.88 Å². The molecule has 3 heterocycles. The molecule has 5 nitrogen and oxygen atoms in total. The van der Waals surface area contributed by atoms with Gasteiger partial charge in [0, 0.05) is 25.0 Å². The van der Waals surface area contributed by atoms with Gasteiger partial charge in [-0.15, -0.1) is 11.3 Å². The second kappa shape index (κ2) is 4.86. The summed E-state index contributed by atoms with van der Waals surface area (Å²) in [7, 11) is 1.80. The number of thiophene rings is 1. The van der Waals surface area contributed by atoms with Crippen LogP contribution in [0.15, 0.2) is 0 Å². The van der Waals surface area contributed by atoms with Gasteiger partial charge >= 0.3 is 6.03 Å². The van der Waals surface area contributed by atoms with E-state index in [0.717, 1.165) is 22.3 Å². The molecule has 0 bridgehead atoms. The zero-order valence-corrected chi connectivity index (χ0v) is 13.2. The Bertz CT molecular complexity index is 699. The molecular weight excluding hydrogens is 296 g/mol. The quantitative estimate of drug-likeness (QED) is 0.801. The van der Waals surface area contributed by atoms with Gasteiger partial charge in [0.25, 0.3) is 0 Å². The van der Waals surface area contributed by atoms with Gasteiger partial charge in [-0.25, -0.2) is 14.8 Å². The monoisotopic (exact) mass is 310 g/mol. The normalized spacial score (nSPS) is 15.7. The van der Waals surface area contributed by atoms with Crippen molar-refractivity contribution in [2.45, 2.75) is 20.4 Å². The van der Waals surface area contributed by atoms with Crippen LogP contribution in [0.4, 0.5) is 4.79 Å². The number of carbonyl (C=O) groups excluding carboxylic acids is 1. The maximum absolute atomic E-state index is 11.9. The third-order valence-corrected chi connectivity index (χ3v) is 5.04. The summed E-state index contributed by atoms with van der Waals surface area (Å²) in [6.07, 6.45) is 0. The molecule has 2 aromatic rings. The largest absolute Gasteiger partial charge is 0.326 e. The molecule has 7 heteroatoms. The maximum atomic E-state index is 11.9. The Balaban J connectivity index is 1.95. The number of urea groups is 1. The summed E-state index contributed by atoms with van der Waals surface area (Å²) in [5, 5.41) is 1.41. The summed E-state index contributed by atoms with van der Waals surface area (Å²) in [6, 6.07) is 0.0170. The summed E-state index contributed by atoms with van der Waals surface area (Å²) < 4.78 is 0. The number of likely N-dealkylation sites (N-methyl/N-ethyl adjacent to an activating group) is 1. The van der Waals surface area contributed by atoms with Crippen LogP contribution in [0.1, 0.15) is 16.3 Å². The molecular formula is C13H15ClN4OS. The second-order valence-corrected chi connectivity index (χ2v) is 6.58. The van der Waals surface area contributed by atoms with Gasteiger partial charge < -0.3 is 9.80 Å². The Hall–Kier alpha value is -1.40. The van der Waals surface area contributed by atoms with E-state index in [1.54, 1.807) is 28.2 Å². The summed E-state index contributed by atoms with van der Waals surface area (Å²) in [6.45, 7) is 5.94. The highest BCUT2D eigenvalue weighted by atomic mass is 35.5. The van der Waals surface area contributed by atoms with Crippen LogP contribution in [0.3, 0.4) is 0 Å². The number of hydrogen-bond donors (Lipinski definition) is 0. The minimum absolute atomic E-state index is 0.0170. The Kier molecular flexibility index (Phi) is 3.30. The third-order valence-electron chi connectivity index (χ3n) is 3.67. The van der Waals surface area contributed by atoms with Gasteiger partial charge in [0.2, 0.25) is 0 Å². The van der Waals surface area contributed by atoms with E-state index in [4.69, 9.17) is 11.6 Å². The van der Waals surface area contributed by atoms with E-state index >= 15 is 0 Å². The average molecular weight is 311 g/mol. The topological polar surface area (TPSA) is 49.3 Å². The molecule has 20 heavy (non-hydrogen) atoms. The zero-order chi connectivity index (χ0) is 14.4. The lowest BCUT2D eigenvalue weighted by atomic mass is 10.2. The summed E-state index contributed by atoms with van der Waals surface area (Å²) in [5.41, 5.74) is 1.14. The number of hydrogen-bond acceptors (Lipinski definition) is 4. The number of amides is 2. The van der Waals surface area contributed by atoms with Crippen LogP contribution in [0.25, 0.3) is 10.2 Å². The van der Waals surface area contributed by atoms with E-state index in [1.807, 2.05) is 6.92 Å². The number of nitrogens with zero attached hydrogens (tertiary/aromatic N) is 4. The van der Waals surface area contributed by atoms with Gasteiger partial charge in [0.05, 0.1) is 11.9 Å². The number of carbonyl (C=O) groups is 1. The molecule has 1 saturated heterocycles. The molecule has 1 fully saturated rings. The lowest BCUT2D eigenvalue weighted by Gasteiger charge is -2.14. The fourth-order valence-electron chi connectivity index (χ4n) is 2.33. The lowest BCUT2D eigenvalue weighted by Crippen LogP contribution is -2.29. The molecule has 1 aliphatic rings. The molecule has 1 aliphatic heterocycles. The molecule has 106 valence electrons. The predicted octanol–water partition coefficient (Wildman–Crippen LogP) is 2.83. The Morgan fingerprint density at radius 2 is 2.05 bits per heavy atom. The van der Waals surface area contributed by atoms with Crippen molar-refractivity contribution in [2.75, 3.05) is 20.1 Å². The molecule has 0 N–H and O–H groups in total. The SMILES string of the molecule is Cc1sc2nc(CN3CCN(C)C3=O)nc(Cl)c2c1C. The average Bonchev–Trinajstić information content (AvgIpc) is 2.84. The summed E-state index contributed by atoms with van der Waals surface area (Å²) in [5.74, 6) is 0.604. The van der Waals surface area contributed by atoms with Crippen LogP contribution in [-0.2, 0) is 6.54 Å². The summed E-state index contributed by atoms with van der Waals surface area (Å²) in [4.78, 5) is 26.3. The van der Waals surface area contributed by atoms with Crippen molar-refractivity contribution in [2.24, 2.45) is 0 Å². The number of rotatable bonds is 2. The smallest absolute Gasteiger partial charge is 0.320 e. The maximum Gasteiger partial charge on any atom is 0.320 e. The van der Waals surface area contributed by atoms with Crippen LogP contribution in [0, 0.1) is 13.8 Å². The van der Waals surface area contributed by atoms with Crippen molar-refractivity contribution in [1.29, 1.82) is 0 Å². The van der Waals surface area contributed by atoms with Crippen LogP contribution in [-0.4, -0.2) is 45.9 Å². The number of halogens is 1. The van der Waals surface area contributed by atoms with Crippen LogP contribution in [0.5, 0.6) is 0 Å². The minimum atomic E-state index is 0.0170. The Morgan fingerprint density at radius 1 is 1.30 bits per heavy atom. The molecule has 0 unspecified atom stereocenters. The summed E-state index contributed by atoms with van der Waals surface area (Å²) >= 11 is 7.89. The van der Waals surface area contributed by atoms with E-state index in [9.17, 15) is 4.79 Å². The fourth-order valence-corrected chi connectivity index (χ4v) is 3.77. The molecule has 0 saturated carbocycles. The molecule has 0 radical (unpaired) electrons. The number of aryl methyl sites for hydroxylation is 2. The molecule has 0 aliphatic carbocycles. The first-order chi connectivity index (χ1) is 9.47. The minimum Gasteiger partial charge on any atom is -0.326 e. The fraction of sp³-hybridized carbons (Fsp3) is 0.462. The standard InChI is InChI=1S/C13H15ClN4OS/c1-7-8(2)20-12-10(7)11(14)15-9(16-12)6-18-5-4-17(3)13(18)19/h4-6H2,1-3H3. The first-order valence-electron chi connectivity index (χ1n) is 6.39. The number of aromatic nitrogens is 2. The zero-order valence-electron chi connectivity index (χ0n) is 11.6. The van der Waals surface area contributed by atoms with Crippen LogP contribution >= 0.6 is 22.9 Å². The molecule has 0 aromatic carbocycles. The highest BCUT2D eigenvalue weighted by Gasteiger charge is 2.26. The molecule has 0 spiro atoms. The van der Waals surface area contributed by atoms with Crippen molar-refractivity contribution < 1.29 is 4.79 Å². The van der Waals surface area contributed by atoms with Gasteiger partial charge in [-0.1, -0.05) is 11.6 Å². The van der Waals surface area contributed by atoms with E-state index < -0.39 is 0 Å². The Morgan fingerprint density at radius 3 is 2.70 bits per heavy atom. The number of fused-ring (bicyclic) bond motifs is 1. The van der Waals surface area contributed by atoms with Crippen molar-refractivity contribution in [3.8, 4) is 0 Å². The Labute approximate surface area is 126 Å². The third kappa shape index (κ3) is 2.13. The van der Waals surface area contributed by atoms with E-state index in [0.29, 0.717) is 24.1 Å². The molecule has 0 atom stereocenters. The van der Waals surface area contributed by atoms with Crippen molar-refractivity contribution in [3.63, 3.8) is 0 Å². The van der Waals surface area contributed by atoms with Crippen LogP contribution < -0.4 is 0 Å². The van der Waals surface area contributed by atoms with Gasteiger partial charge in [-0.3, -0.25) is 0 Å². The van der Waals surface area contributed by atoms with Gasteiger partial charge in [-0.05, 0) is 19.4 Å². The second-order valence-electron chi connectivity index (χ2n) is 5.02. The predicted molar refractivity (Wildman–Crippen MR) is 80.3 cm³/mol. The van der Waals surface area contributed by atoms with E-state index in [-0.39, 0.29) is 6.03 Å². The lowest BCUT2D eigenvalue weighted by molar-refractivity contribution is 0.196. The van der Waals surface area contributed by atoms with Gasteiger partial charge in [0.1, 0.15) is 9.98 Å². The molecule has 2 aromatic heterocycles. The van der Waals surface area contributed by atoms with Gasteiger partial charge in [0.15, 0.2) is 5.82 Å².